The number of hydrogen-bond acceptors (Lipinski definition) is 4. The molecule has 1 unspecified atom stereocenters. The molecule has 0 spiro atoms. The van der Waals surface area contributed by atoms with E-state index in [-0.39, 0.29) is 17.2 Å². The van der Waals surface area contributed by atoms with Gasteiger partial charge in [0.25, 0.3) is 0 Å². The summed E-state index contributed by atoms with van der Waals surface area (Å²) in [5.41, 5.74) is -0.256. The average Bonchev–Trinajstić information content (AvgIpc) is 2.88. The Morgan fingerprint density at radius 3 is 2.80 bits per heavy atom. The van der Waals surface area contributed by atoms with E-state index in [2.05, 4.69) is 15.4 Å². The molecule has 6 heteroatoms. The van der Waals surface area contributed by atoms with E-state index in [9.17, 15) is 14.0 Å². The van der Waals surface area contributed by atoms with Crippen LogP contribution in [0.4, 0.5) is 10.1 Å². The summed E-state index contributed by atoms with van der Waals surface area (Å²) < 4.78 is 17.8. The first-order chi connectivity index (χ1) is 9.46. The zero-order valence-corrected chi connectivity index (χ0v) is 11.5. The number of amides is 1. The van der Waals surface area contributed by atoms with Crippen molar-refractivity contribution in [3.05, 3.63) is 29.6 Å². The molecule has 1 saturated heterocycles. The minimum atomic E-state index is -0.686. The lowest BCUT2D eigenvalue weighted by atomic mass is 9.88. The van der Waals surface area contributed by atoms with E-state index in [1.807, 2.05) is 6.92 Å². The first-order valence-electron chi connectivity index (χ1n) is 6.36. The molecule has 1 fully saturated rings. The third kappa shape index (κ3) is 2.80. The molecule has 2 rings (SSSR count). The minimum absolute atomic E-state index is 0.00964. The minimum Gasteiger partial charge on any atom is -0.465 e. The molecule has 1 aromatic rings. The standard InChI is InChI=1S/C14H17FN2O3/c1-14(5-6-16-8-14)13(19)17-11-4-3-9(15)7-10(11)12(18)20-2/h3-4,7,16H,5-6,8H2,1-2H3,(H,17,19). The second-order valence-corrected chi connectivity index (χ2v) is 5.12. The van der Waals surface area contributed by atoms with Gasteiger partial charge in [-0.1, -0.05) is 0 Å². The van der Waals surface area contributed by atoms with Gasteiger partial charge in [-0.25, -0.2) is 9.18 Å². The largest absolute Gasteiger partial charge is 0.465 e. The highest BCUT2D eigenvalue weighted by Gasteiger charge is 2.36. The lowest BCUT2D eigenvalue weighted by molar-refractivity contribution is -0.123. The van der Waals surface area contributed by atoms with Gasteiger partial charge in [-0.3, -0.25) is 4.79 Å². The van der Waals surface area contributed by atoms with Gasteiger partial charge < -0.3 is 15.4 Å². The number of carbonyl (C=O) groups excluding carboxylic acids is 2. The molecule has 1 aliphatic rings. The Morgan fingerprint density at radius 1 is 1.45 bits per heavy atom. The highest BCUT2D eigenvalue weighted by atomic mass is 19.1. The number of nitrogens with one attached hydrogen (secondary N) is 2. The highest BCUT2D eigenvalue weighted by molar-refractivity contribution is 6.03. The summed E-state index contributed by atoms with van der Waals surface area (Å²) in [7, 11) is 1.21. The van der Waals surface area contributed by atoms with Gasteiger partial charge in [-0.05, 0) is 38.1 Å². The number of esters is 1. The summed E-state index contributed by atoms with van der Waals surface area (Å²) in [6.07, 6.45) is 0.716. The number of hydrogen-bond donors (Lipinski definition) is 2. The monoisotopic (exact) mass is 280 g/mol. The van der Waals surface area contributed by atoms with Crippen molar-refractivity contribution >= 4 is 17.6 Å². The Morgan fingerprint density at radius 2 is 2.20 bits per heavy atom. The molecule has 1 aromatic carbocycles. The lowest BCUT2D eigenvalue weighted by Gasteiger charge is -2.22. The van der Waals surface area contributed by atoms with Crippen LogP contribution in [0.25, 0.3) is 0 Å². The third-order valence-electron chi connectivity index (χ3n) is 3.55. The maximum absolute atomic E-state index is 13.2. The Labute approximate surface area is 116 Å². The van der Waals surface area contributed by atoms with Gasteiger partial charge in [0.2, 0.25) is 5.91 Å². The molecular formula is C14H17FN2O3. The van der Waals surface area contributed by atoms with Crippen LogP contribution in [-0.2, 0) is 9.53 Å². The van der Waals surface area contributed by atoms with E-state index < -0.39 is 17.2 Å². The number of benzene rings is 1. The van der Waals surface area contributed by atoms with Gasteiger partial charge in [0.15, 0.2) is 0 Å². The van der Waals surface area contributed by atoms with Crippen molar-refractivity contribution in [1.29, 1.82) is 0 Å². The summed E-state index contributed by atoms with van der Waals surface area (Å²) in [6.45, 7) is 3.20. The maximum atomic E-state index is 13.2. The van der Waals surface area contributed by atoms with Gasteiger partial charge in [0.05, 0.1) is 23.8 Å². The molecule has 1 aliphatic heterocycles. The second-order valence-electron chi connectivity index (χ2n) is 5.12. The van der Waals surface area contributed by atoms with Gasteiger partial charge >= 0.3 is 5.97 Å². The predicted molar refractivity (Wildman–Crippen MR) is 72.0 cm³/mol. The van der Waals surface area contributed by atoms with Gasteiger partial charge in [0, 0.05) is 6.54 Å². The topological polar surface area (TPSA) is 67.4 Å². The van der Waals surface area contributed by atoms with E-state index >= 15 is 0 Å². The summed E-state index contributed by atoms with van der Waals surface area (Å²) in [5.74, 6) is -1.44. The second kappa shape index (κ2) is 5.58. The normalized spacial score (nSPS) is 21.6. The van der Waals surface area contributed by atoms with Crippen LogP contribution < -0.4 is 10.6 Å². The molecule has 0 aromatic heterocycles. The number of rotatable bonds is 3. The van der Waals surface area contributed by atoms with Crippen LogP contribution in [0, 0.1) is 11.2 Å². The molecule has 0 radical (unpaired) electrons. The lowest BCUT2D eigenvalue weighted by Crippen LogP contribution is -2.35. The van der Waals surface area contributed by atoms with Crippen molar-refractivity contribution in [3.63, 3.8) is 0 Å². The molecule has 1 atom stereocenters. The molecule has 20 heavy (non-hydrogen) atoms. The van der Waals surface area contributed by atoms with Crippen molar-refractivity contribution in [2.75, 3.05) is 25.5 Å². The van der Waals surface area contributed by atoms with Crippen LogP contribution in [0.3, 0.4) is 0 Å². The Balaban J connectivity index is 2.25. The summed E-state index contributed by atoms with van der Waals surface area (Å²) in [4.78, 5) is 23.9. The van der Waals surface area contributed by atoms with E-state index in [0.717, 1.165) is 12.6 Å². The van der Waals surface area contributed by atoms with Crippen molar-refractivity contribution in [2.24, 2.45) is 5.41 Å². The van der Waals surface area contributed by atoms with Crippen LogP contribution in [-0.4, -0.2) is 32.1 Å². The Kier molecular flexibility index (Phi) is 4.04. The SMILES string of the molecule is COC(=O)c1cc(F)ccc1NC(=O)C1(C)CCNC1. The number of halogens is 1. The van der Waals surface area contributed by atoms with Crippen LogP contribution in [0.15, 0.2) is 18.2 Å². The van der Waals surface area contributed by atoms with E-state index in [4.69, 9.17) is 0 Å². The number of ether oxygens (including phenoxy) is 1. The Bertz CT molecular complexity index is 539. The molecule has 0 aliphatic carbocycles. The summed E-state index contributed by atoms with van der Waals surface area (Å²) >= 11 is 0. The van der Waals surface area contributed by atoms with E-state index in [1.54, 1.807) is 0 Å². The smallest absolute Gasteiger partial charge is 0.340 e. The number of carbonyl (C=O) groups is 2. The zero-order chi connectivity index (χ0) is 14.8. The first kappa shape index (κ1) is 14.5. The average molecular weight is 280 g/mol. The number of methoxy groups -OCH3 is 1. The van der Waals surface area contributed by atoms with Crippen LogP contribution in [0.5, 0.6) is 0 Å². The molecule has 0 saturated carbocycles. The van der Waals surface area contributed by atoms with Crippen molar-refractivity contribution < 1.29 is 18.7 Å². The predicted octanol–water partition coefficient (Wildman–Crippen LogP) is 1.55. The van der Waals surface area contributed by atoms with Crippen molar-refractivity contribution in [1.82, 2.24) is 5.32 Å². The Hall–Kier alpha value is -1.95. The summed E-state index contributed by atoms with van der Waals surface area (Å²) in [6, 6.07) is 3.61. The molecule has 0 bridgehead atoms. The number of anilines is 1. The van der Waals surface area contributed by atoms with Gasteiger partial charge in [-0.2, -0.15) is 0 Å². The quantitative estimate of drug-likeness (QED) is 0.824. The molecule has 108 valence electrons. The maximum Gasteiger partial charge on any atom is 0.340 e. The van der Waals surface area contributed by atoms with Crippen molar-refractivity contribution in [2.45, 2.75) is 13.3 Å². The van der Waals surface area contributed by atoms with Crippen molar-refractivity contribution in [3.8, 4) is 0 Å². The van der Waals surface area contributed by atoms with Gasteiger partial charge in [0.1, 0.15) is 5.82 Å². The zero-order valence-electron chi connectivity index (χ0n) is 11.5. The molecule has 1 heterocycles. The third-order valence-corrected chi connectivity index (χ3v) is 3.55. The fourth-order valence-electron chi connectivity index (χ4n) is 2.19. The van der Waals surface area contributed by atoms with Gasteiger partial charge in [-0.15, -0.1) is 0 Å². The summed E-state index contributed by atoms with van der Waals surface area (Å²) in [5, 5.41) is 5.81. The highest BCUT2D eigenvalue weighted by Crippen LogP contribution is 2.27. The van der Waals surface area contributed by atoms with Crippen LogP contribution in [0.1, 0.15) is 23.7 Å². The van der Waals surface area contributed by atoms with Crippen LogP contribution >= 0.6 is 0 Å². The van der Waals surface area contributed by atoms with Crippen LogP contribution in [0.2, 0.25) is 0 Å². The molecule has 5 nitrogen and oxygen atoms in total. The molecule has 1 amide bonds. The molecular weight excluding hydrogens is 263 g/mol. The fourth-order valence-corrected chi connectivity index (χ4v) is 2.19. The molecule has 2 N–H and O–H groups in total. The van der Waals surface area contributed by atoms with E-state index in [0.29, 0.717) is 13.0 Å². The van der Waals surface area contributed by atoms with E-state index in [1.165, 1.54) is 19.2 Å². The fraction of sp³-hybridized carbons (Fsp3) is 0.429. The first-order valence-corrected chi connectivity index (χ1v) is 6.36.